The number of rotatable bonds is 2. The van der Waals surface area contributed by atoms with Crippen molar-refractivity contribution in [1.29, 1.82) is 0 Å². The smallest absolute Gasteiger partial charge is 0.258 e. The molecule has 1 aliphatic rings. The van der Waals surface area contributed by atoms with Gasteiger partial charge in [0.25, 0.3) is 5.56 Å². The number of likely N-dealkylation sites (N-methyl/N-ethyl adjacent to an activating group) is 1. The van der Waals surface area contributed by atoms with E-state index in [9.17, 15) is 4.79 Å². The molecule has 0 amide bonds. The first-order valence-electron chi connectivity index (χ1n) is 10.2. The SMILES string of the molecule is Cc1cn2nc(-c3cc(=O)n4cc(N5CCN(C)CC5)cc(C)c4n3)cc2c(C)n1. The monoisotopic (exact) mass is 403 g/mol. The largest absolute Gasteiger partial charge is 0.368 e. The van der Waals surface area contributed by atoms with E-state index in [2.05, 4.69) is 33.0 Å². The Morgan fingerprint density at radius 3 is 2.43 bits per heavy atom. The molecule has 0 atom stereocenters. The molecule has 1 fully saturated rings. The molecule has 0 spiro atoms. The van der Waals surface area contributed by atoms with Crippen molar-refractivity contribution in [2.24, 2.45) is 0 Å². The topological polar surface area (TPSA) is 71.0 Å². The Kier molecular flexibility index (Phi) is 4.32. The zero-order valence-electron chi connectivity index (χ0n) is 17.8. The average Bonchev–Trinajstić information content (AvgIpc) is 3.13. The van der Waals surface area contributed by atoms with E-state index < -0.39 is 0 Å². The van der Waals surface area contributed by atoms with Gasteiger partial charge in [-0.3, -0.25) is 14.2 Å². The van der Waals surface area contributed by atoms with Crippen molar-refractivity contribution < 1.29 is 0 Å². The first-order valence-corrected chi connectivity index (χ1v) is 10.2. The molecule has 0 saturated carbocycles. The van der Waals surface area contributed by atoms with E-state index in [4.69, 9.17) is 4.98 Å². The van der Waals surface area contributed by atoms with Crippen molar-refractivity contribution in [2.45, 2.75) is 20.8 Å². The van der Waals surface area contributed by atoms with Gasteiger partial charge in [-0.25, -0.2) is 9.50 Å². The number of anilines is 1. The molecule has 0 aromatic carbocycles. The maximum atomic E-state index is 13.0. The van der Waals surface area contributed by atoms with Gasteiger partial charge in [-0.2, -0.15) is 5.10 Å². The molecule has 0 unspecified atom stereocenters. The molecule has 4 aromatic rings. The molecule has 8 nitrogen and oxygen atoms in total. The van der Waals surface area contributed by atoms with Gasteiger partial charge in [0, 0.05) is 38.4 Å². The van der Waals surface area contributed by atoms with Crippen molar-refractivity contribution in [3.05, 3.63) is 57.9 Å². The Labute approximate surface area is 174 Å². The lowest BCUT2D eigenvalue weighted by Crippen LogP contribution is -2.44. The summed E-state index contributed by atoms with van der Waals surface area (Å²) in [5, 5.41) is 4.63. The minimum atomic E-state index is -0.0999. The van der Waals surface area contributed by atoms with Crippen molar-refractivity contribution >= 4 is 16.9 Å². The van der Waals surface area contributed by atoms with Crippen LogP contribution in [-0.2, 0) is 0 Å². The van der Waals surface area contributed by atoms with Crippen molar-refractivity contribution in [2.75, 3.05) is 38.1 Å². The van der Waals surface area contributed by atoms with E-state index in [-0.39, 0.29) is 5.56 Å². The van der Waals surface area contributed by atoms with Crippen LogP contribution >= 0.6 is 0 Å². The molecule has 5 rings (SSSR count). The number of aromatic nitrogens is 5. The molecule has 1 aliphatic heterocycles. The highest BCUT2D eigenvalue weighted by atomic mass is 16.1. The van der Waals surface area contributed by atoms with E-state index in [1.807, 2.05) is 39.2 Å². The minimum Gasteiger partial charge on any atom is -0.368 e. The van der Waals surface area contributed by atoms with E-state index in [1.54, 1.807) is 15.0 Å². The van der Waals surface area contributed by atoms with Gasteiger partial charge in [-0.1, -0.05) is 0 Å². The van der Waals surface area contributed by atoms with Gasteiger partial charge < -0.3 is 9.80 Å². The van der Waals surface area contributed by atoms with Gasteiger partial charge >= 0.3 is 0 Å². The second-order valence-corrected chi connectivity index (χ2v) is 8.17. The maximum absolute atomic E-state index is 13.0. The standard InChI is InChI=1S/C22H25N7O/c1-14-9-17(27-7-5-26(4)6-8-27)13-28-21(30)11-18(24-22(14)28)19-10-20-16(3)23-15(2)12-29(20)25-19/h9-13H,5-8H2,1-4H3. The summed E-state index contributed by atoms with van der Waals surface area (Å²) >= 11 is 0. The Balaban J connectivity index is 1.60. The van der Waals surface area contributed by atoms with Crippen molar-refractivity contribution in [1.82, 2.24) is 28.9 Å². The normalized spacial score (nSPS) is 15.4. The second kappa shape index (κ2) is 6.91. The van der Waals surface area contributed by atoms with Crippen LogP contribution in [0.5, 0.6) is 0 Å². The molecule has 1 saturated heterocycles. The van der Waals surface area contributed by atoms with E-state index in [0.717, 1.165) is 54.3 Å². The third-order valence-electron chi connectivity index (χ3n) is 5.82. The lowest BCUT2D eigenvalue weighted by molar-refractivity contribution is 0.312. The minimum absolute atomic E-state index is 0.0999. The zero-order chi connectivity index (χ0) is 21.0. The third kappa shape index (κ3) is 3.13. The van der Waals surface area contributed by atoms with E-state index >= 15 is 0 Å². The summed E-state index contributed by atoms with van der Waals surface area (Å²) in [7, 11) is 2.14. The average molecular weight is 403 g/mol. The third-order valence-corrected chi connectivity index (χ3v) is 5.82. The van der Waals surface area contributed by atoms with Crippen LogP contribution in [0.15, 0.2) is 35.4 Å². The lowest BCUT2D eigenvalue weighted by atomic mass is 10.2. The van der Waals surface area contributed by atoms with Crippen LogP contribution in [0.1, 0.15) is 17.0 Å². The first-order chi connectivity index (χ1) is 14.4. The fourth-order valence-electron chi connectivity index (χ4n) is 4.13. The number of fused-ring (bicyclic) bond motifs is 2. The van der Waals surface area contributed by atoms with Crippen molar-refractivity contribution in [3.8, 4) is 11.4 Å². The Bertz CT molecular complexity index is 1330. The Hall–Kier alpha value is -3.26. The van der Waals surface area contributed by atoms with Gasteiger partial charge in [0.05, 0.1) is 34.5 Å². The fourth-order valence-corrected chi connectivity index (χ4v) is 4.13. The van der Waals surface area contributed by atoms with Crippen LogP contribution in [-0.4, -0.2) is 62.1 Å². The summed E-state index contributed by atoms with van der Waals surface area (Å²) in [6, 6.07) is 5.63. The molecule has 0 bridgehead atoms. The maximum Gasteiger partial charge on any atom is 0.258 e. The number of aryl methyl sites for hydroxylation is 3. The number of piperazine rings is 1. The Morgan fingerprint density at radius 1 is 0.900 bits per heavy atom. The van der Waals surface area contributed by atoms with Crippen molar-refractivity contribution in [3.63, 3.8) is 0 Å². The highest BCUT2D eigenvalue weighted by Crippen LogP contribution is 2.23. The number of hydrogen-bond acceptors (Lipinski definition) is 6. The molecule has 4 aromatic heterocycles. The van der Waals surface area contributed by atoms with Gasteiger partial charge in [0.2, 0.25) is 0 Å². The van der Waals surface area contributed by atoms with E-state index in [1.165, 1.54) is 0 Å². The molecular formula is C22H25N7O. The van der Waals surface area contributed by atoms with Gasteiger partial charge in [-0.15, -0.1) is 0 Å². The number of pyridine rings is 1. The predicted molar refractivity (Wildman–Crippen MR) is 117 cm³/mol. The number of hydrogen-bond donors (Lipinski definition) is 0. The fraction of sp³-hybridized carbons (Fsp3) is 0.364. The summed E-state index contributed by atoms with van der Waals surface area (Å²) in [6.45, 7) is 9.85. The summed E-state index contributed by atoms with van der Waals surface area (Å²) in [4.78, 5) is 26.9. The zero-order valence-corrected chi connectivity index (χ0v) is 17.8. The summed E-state index contributed by atoms with van der Waals surface area (Å²) < 4.78 is 3.46. The van der Waals surface area contributed by atoms with Gasteiger partial charge in [-0.05, 0) is 45.5 Å². The lowest BCUT2D eigenvalue weighted by Gasteiger charge is -2.34. The summed E-state index contributed by atoms with van der Waals surface area (Å²) in [6.07, 6.45) is 3.79. The first kappa shape index (κ1) is 18.7. The molecule has 30 heavy (non-hydrogen) atoms. The second-order valence-electron chi connectivity index (χ2n) is 8.17. The quantitative estimate of drug-likeness (QED) is 0.510. The van der Waals surface area contributed by atoms with Crippen LogP contribution in [0.4, 0.5) is 5.69 Å². The highest BCUT2D eigenvalue weighted by Gasteiger charge is 2.17. The molecule has 0 aliphatic carbocycles. The van der Waals surface area contributed by atoms with Crippen LogP contribution in [0.3, 0.4) is 0 Å². The van der Waals surface area contributed by atoms with Gasteiger partial charge in [0.15, 0.2) is 0 Å². The van der Waals surface area contributed by atoms with Crippen LogP contribution in [0, 0.1) is 20.8 Å². The molecular weight excluding hydrogens is 378 g/mol. The van der Waals surface area contributed by atoms with Crippen LogP contribution in [0.25, 0.3) is 22.6 Å². The number of nitrogens with zero attached hydrogens (tertiary/aromatic N) is 7. The molecule has 0 N–H and O–H groups in total. The predicted octanol–water partition coefficient (Wildman–Crippen LogP) is 2.08. The van der Waals surface area contributed by atoms with Crippen LogP contribution < -0.4 is 10.5 Å². The molecule has 8 heteroatoms. The van der Waals surface area contributed by atoms with E-state index in [0.29, 0.717) is 17.0 Å². The summed E-state index contributed by atoms with van der Waals surface area (Å²) in [5.74, 6) is 0. The molecule has 0 radical (unpaired) electrons. The van der Waals surface area contributed by atoms with Crippen LogP contribution in [0.2, 0.25) is 0 Å². The Morgan fingerprint density at radius 2 is 1.67 bits per heavy atom. The molecule has 154 valence electrons. The highest BCUT2D eigenvalue weighted by molar-refractivity contribution is 5.67. The van der Waals surface area contributed by atoms with Gasteiger partial charge in [0.1, 0.15) is 11.3 Å². The summed E-state index contributed by atoms with van der Waals surface area (Å²) in [5.41, 5.74) is 6.57. The molecule has 5 heterocycles.